The number of hydrogen-bond acceptors (Lipinski definition) is 5. The summed E-state index contributed by atoms with van der Waals surface area (Å²) in [5.74, 6) is 1.97. The van der Waals surface area contributed by atoms with Crippen LogP contribution >= 0.6 is 0 Å². The van der Waals surface area contributed by atoms with Crippen molar-refractivity contribution in [3.8, 4) is 22.6 Å². The van der Waals surface area contributed by atoms with E-state index in [4.69, 9.17) is 13.8 Å². The molecule has 1 N–H and O–H groups in total. The van der Waals surface area contributed by atoms with Gasteiger partial charge in [-0.2, -0.15) is 0 Å². The van der Waals surface area contributed by atoms with Crippen molar-refractivity contribution in [1.82, 2.24) is 4.98 Å². The Kier molecular flexibility index (Phi) is 12.5. The molecule has 277 valence electrons. The summed E-state index contributed by atoms with van der Waals surface area (Å²) in [6.45, 7) is 22.9. The predicted molar refractivity (Wildman–Crippen MR) is 212 cm³/mol. The van der Waals surface area contributed by atoms with Crippen LogP contribution in [0.5, 0.6) is 0 Å². The first-order chi connectivity index (χ1) is 24.1. The summed E-state index contributed by atoms with van der Waals surface area (Å²) >= 11 is 0. The molecule has 0 saturated heterocycles. The number of ketones is 1. The second-order valence-corrected chi connectivity index (χ2v) is 15.4. The standard InChI is InChI=1S/C31H26NO2.C15H28O2.Ir/c1-18-22-14-15-32-28(21-16-20-10-6-7-11-23(20)25(17-21)31(3,4)5)30(22)34-29(18)27-19(2)33-26-13-9-8-12-24(26)27;1-7-14(5,8-2)12(16)11-13(17)15(6,9-3)10-4;/h6-15,17H,1-5H3;11,16H,7-10H2,1-6H3;/q-1;;/b;12-11-;. The van der Waals surface area contributed by atoms with Crippen LogP contribution in [0.4, 0.5) is 0 Å². The van der Waals surface area contributed by atoms with Crippen molar-refractivity contribution in [2.45, 2.75) is 107 Å². The first kappa shape index (κ1) is 40.8. The van der Waals surface area contributed by atoms with Crippen LogP contribution in [0.1, 0.15) is 105 Å². The number of furan rings is 2. The van der Waals surface area contributed by atoms with E-state index in [0.717, 1.165) is 86.9 Å². The van der Waals surface area contributed by atoms with Crippen LogP contribution in [-0.4, -0.2) is 15.9 Å². The van der Waals surface area contributed by atoms with Gasteiger partial charge in [-0.1, -0.05) is 110 Å². The second-order valence-electron chi connectivity index (χ2n) is 15.4. The predicted octanol–water partition coefficient (Wildman–Crippen LogP) is 13.4. The molecule has 0 atom stereocenters. The van der Waals surface area contributed by atoms with Gasteiger partial charge in [-0.3, -0.25) is 9.78 Å². The number of para-hydroxylation sites is 1. The van der Waals surface area contributed by atoms with Gasteiger partial charge in [0.05, 0.1) is 5.56 Å². The normalized spacial score (nSPS) is 12.6. The van der Waals surface area contributed by atoms with Crippen LogP contribution in [0, 0.1) is 30.7 Å². The number of aromatic nitrogens is 1. The van der Waals surface area contributed by atoms with Gasteiger partial charge >= 0.3 is 0 Å². The third-order valence-electron chi connectivity index (χ3n) is 11.3. The van der Waals surface area contributed by atoms with Crippen molar-refractivity contribution in [2.75, 3.05) is 0 Å². The van der Waals surface area contributed by atoms with Gasteiger partial charge in [0, 0.05) is 65.2 Å². The molecule has 0 aliphatic rings. The molecule has 6 heteroatoms. The molecule has 3 aromatic heterocycles. The monoisotopic (exact) mass is 877 g/mol. The fraction of sp³-hybridized carbons (Fsp3) is 0.391. The van der Waals surface area contributed by atoms with Crippen LogP contribution in [0.15, 0.2) is 87.5 Å². The number of aryl methyl sites for hydroxylation is 2. The third-order valence-corrected chi connectivity index (χ3v) is 11.3. The molecule has 0 aliphatic carbocycles. The smallest absolute Gasteiger partial charge is 0.164 e. The Balaban J connectivity index is 0.000000289. The Hall–Kier alpha value is -3.99. The summed E-state index contributed by atoms with van der Waals surface area (Å²) in [6.07, 6.45) is 6.62. The van der Waals surface area contributed by atoms with Crippen LogP contribution < -0.4 is 0 Å². The van der Waals surface area contributed by atoms with Crippen molar-refractivity contribution >= 4 is 38.5 Å². The van der Waals surface area contributed by atoms with Gasteiger partial charge in [0.25, 0.3) is 0 Å². The minimum Gasteiger partial charge on any atom is -0.512 e. The molecule has 0 unspecified atom stereocenters. The fourth-order valence-electron chi connectivity index (χ4n) is 6.69. The van der Waals surface area contributed by atoms with E-state index in [9.17, 15) is 9.90 Å². The van der Waals surface area contributed by atoms with E-state index in [1.807, 2.05) is 78.9 Å². The number of aliphatic hydroxyl groups is 1. The minimum absolute atomic E-state index is 0. The molecule has 52 heavy (non-hydrogen) atoms. The number of carbonyl (C=O) groups is 1. The van der Waals surface area contributed by atoms with Crippen LogP contribution in [0.2, 0.25) is 0 Å². The third kappa shape index (κ3) is 7.70. The van der Waals surface area contributed by atoms with E-state index in [1.54, 1.807) is 0 Å². The fourth-order valence-corrected chi connectivity index (χ4v) is 6.69. The maximum absolute atomic E-state index is 12.2. The van der Waals surface area contributed by atoms with E-state index in [0.29, 0.717) is 0 Å². The maximum atomic E-state index is 12.2. The van der Waals surface area contributed by atoms with Gasteiger partial charge in [0.15, 0.2) is 5.78 Å². The summed E-state index contributed by atoms with van der Waals surface area (Å²) in [5.41, 5.74) is 6.16. The average Bonchev–Trinajstić information content (AvgIpc) is 3.64. The van der Waals surface area contributed by atoms with Crippen molar-refractivity contribution in [3.05, 3.63) is 102 Å². The number of fused-ring (bicyclic) bond motifs is 3. The van der Waals surface area contributed by atoms with Crippen LogP contribution in [-0.2, 0) is 30.3 Å². The first-order valence-electron chi connectivity index (χ1n) is 18.4. The average molecular weight is 877 g/mol. The number of rotatable bonds is 9. The van der Waals surface area contributed by atoms with E-state index in [1.165, 1.54) is 17.0 Å². The molecule has 0 fully saturated rings. The number of hydrogen-bond donors (Lipinski definition) is 1. The quantitative estimate of drug-likeness (QED) is 0.0889. The van der Waals surface area contributed by atoms with E-state index < -0.39 is 0 Å². The van der Waals surface area contributed by atoms with E-state index in [-0.39, 0.29) is 47.9 Å². The maximum Gasteiger partial charge on any atom is 0.164 e. The molecule has 0 spiro atoms. The molecule has 0 aliphatic heterocycles. The number of nitrogens with zero attached hydrogens (tertiary/aromatic N) is 1. The molecule has 0 saturated carbocycles. The Bertz CT molecular complexity index is 2220. The molecule has 6 rings (SSSR count). The van der Waals surface area contributed by atoms with E-state index >= 15 is 0 Å². The number of allylic oxidation sites excluding steroid dienone is 2. The molecule has 1 radical (unpaired) electrons. The second kappa shape index (κ2) is 15.9. The molecular weight excluding hydrogens is 823 g/mol. The number of pyridine rings is 1. The zero-order chi connectivity index (χ0) is 37.3. The SMILES string of the molecule is CCC(C)(CC)C(=O)/C=C(\O)C(C)(CC)CC.Cc1oc2ccccc2c1-c1oc2c(-c3[c-]c4ccccc4c(C(C)(C)C)c3)nccc2c1C.[Ir]. The number of aliphatic hydroxyl groups excluding tert-OH is 1. The number of carbonyl (C=O) groups excluding carboxylic acids is 1. The van der Waals surface area contributed by atoms with Crippen molar-refractivity contribution in [2.24, 2.45) is 10.8 Å². The summed E-state index contributed by atoms with van der Waals surface area (Å²) < 4.78 is 12.7. The largest absolute Gasteiger partial charge is 0.512 e. The van der Waals surface area contributed by atoms with Gasteiger partial charge in [-0.05, 0) is 57.1 Å². The molecule has 3 heterocycles. The molecule has 5 nitrogen and oxygen atoms in total. The number of benzene rings is 3. The van der Waals surface area contributed by atoms with Gasteiger partial charge in [0.1, 0.15) is 28.4 Å². The van der Waals surface area contributed by atoms with Crippen molar-refractivity contribution in [1.29, 1.82) is 0 Å². The molecule has 6 aromatic rings. The summed E-state index contributed by atoms with van der Waals surface area (Å²) in [6, 6.07) is 24.4. The Morgan fingerprint density at radius 1 is 0.808 bits per heavy atom. The van der Waals surface area contributed by atoms with Crippen LogP contribution in [0.25, 0.3) is 55.3 Å². The molecule has 0 bridgehead atoms. The Morgan fingerprint density at radius 3 is 2.02 bits per heavy atom. The van der Waals surface area contributed by atoms with Crippen molar-refractivity contribution < 1.29 is 38.8 Å². The van der Waals surface area contributed by atoms with Gasteiger partial charge in [-0.15, -0.1) is 29.1 Å². The van der Waals surface area contributed by atoms with Gasteiger partial charge < -0.3 is 13.9 Å². The molecular formula is C46H54IrNO4-. The summed E-state index contributed by atoms with van der Waals surface area (Å²) in [7, 11) is 0. The zero-order valence-corrected chi connectivity index (χ0v) is 35.1. The first-order valence-corrected chi connectivity index (χ1v) is 18.4. The minimum atomic E-state index is -0.337. The van der Waals surface area contributed by atoms with Crippen LogP contribution in [0.3, 0.4) is 0 Å². The Morgan fingerprint density at radius 2 is 1.40 bits per heavy atom. The zero-order valence-electron chi connectivity index (χ0n) is 32.7. The van der Waals surface area contributed by atoms with Crippen molar-refractivity contribution in [3.63, 3.8) is 0 Å². The molecule has 0 amide bonds. The van der Waals surface area contributed by atoms with Gasteiger partial charge in [-0.25, -0.2) is 0 Å². The molecule has 3 aromatic carbocycles. The summed E-state index contributed by atoms with van der Waals surface area (Å²) in [4.78, 5) is 17.0. The van der Waals surface area contributed by atoms with Gasteiger partial charge in [0.2, 0.25) is 0 Å². The van der Waals surface area contributed by atoms with E-state index in [2.05, 4.69) is 70.2 Å². The Labute approximate surface area is 323 Å². The topological polar surface area (TPSA) is 76.5 Å². The summed E-state index contributed by atoms with van der Waals surface area (Å²) in [5, 5.41) is 14.6.